The summed E-state index contributed by atoms with van der Waals surface area (Å²) < 4.78 is 23.1. The van der Waals surface area contributed by atoms with Gasteiger partial charge in [-0.05, 0) is 105 Å². The van der Waals surface area contributed by atoms with Crippen molar-refractivity contribution in [3.05, 3.63) is 149 Å². The summed E-state index contributed by atoms with van der Waals surface area (Å²) in [5.74, 6) is 0.209. The van der Waals surface area contributed by atoms with Crippen molar-refractivity contribution in [2.24, 2.45) is 5.10 Å². The first-order valence-corrected chi connectivity index (χ1v) is 19.6. The molecule has 1 aromatic heterocycles. The number of aldehydes is 1. The fourth-order valence-corrected chi connectivity index (χ4v) is 6.80. The lowest BCUT2D eigenvalue weighted by molar-refractivity contribution is -0.104. The molecule has 0 bridgehead atoms. The van der Waals surface area contributed by atoms with Gasteiger partial charge in [-0.15, -0.1) is 11.3 Å². The van der Waals surface area contributed by atoms with E-state index in [0.717, 1.165) is 27.6 Å². The zero-order valence-corrected chi connectivity index (χ0v) is 34.5. The second-order valence-corrected chi connectivity index (χ2v) is 15.5. The molecule has 304 valence electrons. The van der Waals surface area contributed by atoms with E-state index in [1.54, 1.807) is 55.8 Å². The van der Waals surface area contributed by atoms with Gasteiger partial charge in [0, 0.05) is 48.6 Å². The number of rotatable bonds is 16. The predicted molar refractivity (Wildman–Crippen MR) is 234 cm³/mol. The largest absolute Gasteiger partial charge is 0.593 e. The van der Waals surface area contributed by atoms with E-state index in [2.05, 4.69) is 41.4 Å². The van der Waals surface area contributed by atoms with Crippen molar-refractivity contribution in [1.29, 1.82) is 0 Å². The van der Waals surface area contributed by atoms with Crippen molar-refractivity contribution in [2.75, 3.05) is 19.1 Å². The molecule has 0 saturated heterocycles. The molecule has 0 atom stereocenters. The van der Waals surface area contributed by atoms with Gasteiger partial charge in [-0.1, -0.05) is 49.0 Å². The number of thiazole rings is 1. The Labute approximate surface area is 348 Å². The van der Waals surface area contributed by atoms with Crippen LogP contribution in [0.4, 0.5) is 5.13 Å². The Hall–Kier alpha value is -6.63. The fraction of sp³-hybridized carbons (Fsp3) is 0.213. The molecule has 0 fully saturated rings. The van der Waals surface area contributed by atoms with E-state index in [1.807, 2.05) is 63.4 Å². The normalized spacial score (nSPS) is 11.3. The minimum absolute atomic E-state index is 0.125. The van der Waals surface area contributed by atoms with Crippen LogP contribution in [0.5, 0.6) is 17.2 Å². The summed E-state index contributed by atoms with van der Waals surface area (Å²) in [7, 11) is 1.68. The number of hydrogen-bond acceptors (Lipinski definition) is 11. The highest BCUT2D eigenvalue weighted by Crippen LogP contribution is 2.30. The van der Waals surface area contributed by atoms with Gasteiger partial charge < -0.3 is 24.1 Å². The van der Waals surface area contributed by atoms with Crippen LogP contribution < -0.4 is 14.9 Å². The van der Waals surface area contributed by atoms with E-state index < -0.39 is 17.5 Å². The Morgan fingerprint density at radius 2 is 1.54 bits per heavy atom. The van der Waals surface area contributed by atoms with E-state index in [4.69, 9.17) is 33.8 Å². The number of esters is 2. The standard InChI is InChI=1S/C44H43N3O7S.C3H4O/c1-43(2,51-5)28-44(3,4)54-37-19-15-31(16-20-37)40(49)52-23-22-29-10-21-39(53-41(50)32-13-17-36(48)18-14-32)35(24-29)26-45-47-42-46-38(27-55-42)34-12-11-30-8-6-7-9-33(30)25-34;1-2-3-4/h6-21,24-27,48H,22-23,28H2,1-5H3,(H,46,47);2-3H,1H2/p+1/b45-26+;. The highest BCUT2D eigenvalue weighted by Gasteiger charge is 2.30. The van der Waals surface area contributed by atoms with Gasteiger partial charge in [-0.3, -0.25) is 10.2 Å². The number of hydrogen-bond donors (Lipinski definition) is 1. The number of ether oxygens (including phenoxy) is 4. The van der Waals surface area contributed by atoms with Gasteiger partial charge in [-0.2, -0.15) is 5.10 Å². The van der Waals surface area contributed by atoms with Crippen LogP contribution in [0, 0.1) is 0 Å². The number of allylic oxidation sites excluding steroid dienone is 1. The van der Waals surface area contributed by atoms with Gasteiger partial charge in [0.05, 0.1) is 35.2 Å². The second kappa shape index (κ2) is 20.2. The maximum absolute atomic E-state index is 13.0. The van der Waals surface area contributed by atoms with Crippen LogP contribution in [0.1, 0.15) is 66.0 Å². The molecule has 12 heteroatoms. The summed E-state index contributed by atoms with van der Waals surface area (Å²) >= 11 is 1.42. The minimum atomic E-state index is -0.567. The molecule has 0 saturated carbocycles. The minimum Gasteiger partial charge on any atom is -0.593 e. The van der Waals surface area contributed by atoms with Crippen LogP contribution in [0.3, 0.4) is 0 Å². The summed E-state index contributed by atoms with van der Waals surface area (Å²) in [6.07, 6.45) is 4.47. The molecule has 0 aliphatic rings. The molecule has 0 radical (unpaired) electrons. The Morgan fingerprint density at radius 3 is 2.24 bits per heavy atom. The number of nitrogens with zero attached hydrogens (tertiary/aromatic N) is 2. The van der Waals surface area contributed by atoms with Gasteiger partial charge in [0.1, 0.15) is 23.4 Å². The van der Waals surface area contributed by atoms with Gasteiger partial charge in [0.2, 0.25) is 5.13 Å². The molecule has 0 amide bonds. The molecule has 5 aromatic carbocycles. The lowest BCUT2D eigenvalue weighted by atomic mass is 9.92. The molecule has 0 unspecified atom stereocenters. The first kappa shape index (κ1) is 43.5. The number of anilines is 1. The van der Waals surface area contributed by atoms with Gasteiger partial charge in [0.15, 0.2) is 0 Å². The Bertz CT molecular complexity index is 2400. The third kappa shape index (κ3) is 12.9. The maximum atomic E-state index is 13.0. The lowest BCUT2D eigenvalue weighted by Gasteiger charge is -2.34. The Kier molecular flexibility index (Phi) is 14.9. The average Bonchev–Trinajstić information content (AvgIpc) is 3.70. The summed E-state index contributed by atoms with van der Waals surface area (Å²) in [6.45, 7) is 11.3. The zero-order valence-electron chi connectivity index (χ0n) is 33.7. The summed E-state index contributed by atoms with van der Waals surface area (Å²) in [6, 6.07) is 32.8. The second-order valence-electron chi connectivity index (χ2n) is 14.6. The number of nitrogens with one attached hydrogen (secondary N) is 1. The lowest BCUT2D eigenvalue weighted by Crippen LogP contribution is -2.38. The third-order valence-electron chi connectivity index (χ3n) is 8.92. The third-order valence-corrected chi connectivity index (χ3v) is 9.67. The monoisotopic (exact) mass is 814 g/mol. The van der Waals surface area contributed by atoms with Crippen LogP contribution >= 0.6 is 11.3 Å². The molecule has 0 spiro atoms. The van der Waals surface area contributed by atoms with Gasteiger partial charge >= 0.3 is 11.9 Å². The number of carbonyl (C=O) groups excluding carboxylic acids is 3. The topological polar surface area (TPSA) is 148 Å². The number of aromatic nitrogens is 1. The number of hydrazone groups is 1. The first-order valence-electron chi connectivity index (χ1n) is 18.8. The average molecular weight is 815 g/mol. The fourth-order valence-electron chi connectivity index (χ4n) is 6.13. The number of benzene rings is 5. The van der Waals surface area contributed by atoms with Gasteiger partial charge in [-0.25, -0.2) is 14.6 Å². The number of carbonyl (C=O) groups is 3. The van der Waals surface area contributed by atoms with Crippen LogP contribution in [0.2, 0.25) is 0 Å². The van der Waals surface area contributed by atoms with Crippen molar-refractivity contribution in [2.45, 2.75) is 51.7 Å². The Morgan fingerprint density at radius 1 is 0.864 bits per heavy atom. The molecular formula is C47H48N3O8S+. The van der Waals surface area contributed by atoms with Crippen LogP contribution in [0.15, 0.2) is 132 Å². The zero-order chi connectivity index (χ0) is 42.4. The molecule has 59 heavy (non-hydrogen) atoms. The highest BCUT2D eigenvalue weighted by molar-refractivity contribution is 7.14. The molecule has 3 N–H and O–H groups in total. The van der Waals surface area contributed by atoms with E-state index in [-0.39, 0.29) is 12.2 Å². The van der Waals surface area contributed by atoms with Crippen LogP contribution in [-0.4, -0.2) is 59.4 Å². The molecule has 11 nitrogen and oxygen atoms in total. The number of methoxy groups -OCH3 is 1. The molecule has 6 rings (SSSR count). The summed E-state index contributed by atoms with van der Waals surface area (Å²) in [5, 5.41) is 17.0. The van der Waals surface area contributed by atoms with Crippen molar-refractivity contribution >= 4 is 51.7 Å². The molecule has 1 heterocycles. The van der Waals surface area contributed by atoms with Crippen LogP contribution in [0.25, 0.3) is 22.0 Å². The maximum Gasteiger partial charge on any atom is 0.343 e. The van der Waals surface area contributed by atoms with Crippen molar-refractivity contribution in [1.82, 2.24) is 4.98 Å². The predicted octanol–water partition coefficient (Wildman–Crippen LogP) is 9.81. The summed E-state index contributed by atoms with van der Waals surface area (Å²) in [4.78, 5) is 39.7. The highest BCUT2D eigenvalue weighted by atomic mass is 32.1. The molecule has 0 aliphatic carbocycles. The van der Waals surface area contributed by atoms with Gasteiger partial charge in [0.25, 0.3) is 5.75 Å². The van der Waals surface area contributed by atoms with Crippen molar-refractivity contribution in [3.63, 3.8) is 0 Å². The van der Waals surface area contributed by atoms with Crippen LogP contribution in [-0.2, 0) is 20.7 Å². The first-order chi connectivity index (χ1) is 28.3. The molecule has 0 aliphatic heterocycles. The van der Waals surface area contributed by atoms with E-state index in [0.29, 0.717) is 58.2 Å². The number of fused-ring (bicyclic) bond motifs is 1. The van der Waals surface area contributed by atoms with Crippen molar-refractivity contribution < 1.29 is 38.4 Å². The Balaban J connectivity index is 0.00000158. The SMILES string of the molecule is C=CC=O.COC(C)(C)CC(C)(C)Oc1ccc(C(=O)OCCc2ccc(OC(=O)c3ccc([OH2+])cc3)c(/C=N/Nc3nc(-c4ccc5ccccc5c4)cs3)c2)cc1. The van der Waals surface area contributed by atoms with E-state index >= 15 is 0 Å². The molecular weight excluding hydrogens is 767 g/mol. The summed E-state index contributed by atoms with van der Waals surface area (Å²) in [5.41, 5.74) is 6.09. The van der Waals surface area contributed by atoms with E-state index in [1.165, 1.54) is 29.5 Å². The quantitative estimate of drug-likeness (QED) is 0.0192. The smallest absolute Gasteiger partial charge is 0.343 e. The molecule has 6 aromatic rings. The van der Waals surface area contributed by atoms with E-state index in [9.17, 15) is 9.59 Å². The van der Waals surface area contributed by atoms with Crippen molar-refractivity contribution in [3.8, 4) is 28.5 Å².